The predicted molar refractivity (Wildman–Crippen MR) is 84.3 cm³/mol. The highest BCUT2D eigenvalue weighted by molar-refractivity contribution is 6.04. The third-order valence-electron chi connectivity index (χ3n) is 4.60. The van der Waals surface area contributed by atoms with Crippen LogP contribution in [0.3, 0.4) is 0 Å². The lowest BCUT2D eigenvalue weighted by Gasteiger charge is -2.27. The maximum Gasteiger partial charge on any atom is 0.246 e. The topological polar surface area (TPSA) is 78.7 Å². The molecule has 2 fully saturated rings. The summed E-state index contributed by atoms with van der Waals surface area (Å²) < 4.78 is 0. The van der Waals surface area contributed by atoms with Gasteiger partial charge in [0, 0.05) is 18.3 Å². The second kappa shape index (κ2) is 6.06. The molecular weight excluding hydrogens is 280 g/mol. The van der Waals surface area contributed by atoms with Crippen LogP contribution in [0.25, 0.3) is 0 Å². The van der Waals surface area contributed by atoms with Crippen molar-refractivity contribution in [2.75, 3.05) is 38.1 Å². The number of rotatable bonds is 3. The van der Waals surface area contributed by atoms with Gasteiger partial charge in [-0.1, -0.05) is 12.1 Å². The number of amides is 2. The van der Waals surface area contributed by atoms with Gasteiger partial charge in [0.2, 0.25) is 11.8 Å². The van der Waals surface area contributed by atoms with Gasteiger partial charge < -0.3 is 16.0 Å². The van der Waals surface area contributed by atoms with Crippen LogP contribution in [0.5, 0.6) is 0 Å². The molecule has 22 heavy (non-hydrogen) atoms. The van der Waals surface area contributed by atoms with Gasteiger partial charge in [0.05, 0.1) is 6.54 Å². The van der Waals surface area contributed by atoms with Gasteiger partial charge in [0.25, 0.3) is 0 Å². The van der Waals surface area contributed by atoms with Crippen molar-refractivity contribution >= 4 is 17.5 Å². The number of nitrogens with one attached hydrogen (secondary N) is 1. The average molecular weight is 302 g/mol. The second-order valence-electron chi connectivity index (χ2n) is 6.14. The minimum Gasteiger partial charge on any atom is -0.345 e. The zero-order valence-corrected chi connectivity index (χ0v) is 12.8. The normalized spacial score (nSPS) is 26.4. The van der Waals surface area contributed by atoms with E-state index in [2.05, 4.69) is 29.4 Å². The molecule has 6 nitrogen and oxygen atoms in total. The van der Waals surface area contributed by atoms with Crippen LogP contribution in [0.2, 0.25) is 0 Å². The molecule has 2 atom stereocenters. The summed E-state index contributed by atoms with van der Waals surface area (Å²) in [4.78, 5) is 27.2. The van der Waals surface area contributed by atoms with Gasteiger partial charge in [-0.3, -0.25) is 14.5 Å². The summed E-state index contributed by atoms with van der Waals surface area (Å²) in [5, 5.41) is 2.56. The quantitative estimate of drug-likeness (QED) is 0.830. The largest absolute Gasteiger partial charge is 0.345 e. The number of nitrogens with zero attached hydrogens (tertiary/aromatic N) is 2. The molecule has 1 aromatic rings. The number of nitrogens with two attached hydrogens (primary N) is 1. The summed E-state index contributed by atoms with van der Waals surface area (Å²) in [6, 6.07) is 8.33. The Kier molecular flexibility index (Phi) is 4.13. The first-order valence-corrected chi connectivity index (χ1v) is 7.66. The Balaban J connectivity index is 1.75. The number of anilines is 1. The Hall–Kier alpha value is -1.92. The van der Waals surface area contributed by atoms with E-state index in [0.29, 0.717) is 12.0 Å². The lowest BCUT2D eigenvalue weighted by Crippen LogP contribution is -2.51. The van der Waals surface area contributed by atoms with Crippen molar-refractivity contribution < 1.29 is 9.59 Å². The fraction of sp³-hybridized carbons (Fsp3) is 0.500. The monoisotopic (exact) mass is 302 g/mol. The predicted octanol–water partition coefficient (Wildman–Crippen LogP) is 0.101. The number of piperazine rings is 1. The second-order valence-corrected chi connectivity index (χ2v) is 6.14. The first kappa shape index (κ1) is 15.0. The molecule has 2 aliphatic heterocycles. The van der Waals surface area contributed by atoms with Crippen molar-refractivity contribution in [3.63, 3.8) is 0 Å². The number of hydrogen-bond donors (Lipinski definition) is 2. The van der Waals surface area contributed by atoms with E-state index in [9.17, 15) is 9.59 Å². The van der Waals surface area contributed by atoms with Gasteiger partial charge in [-0.25, -0.2) is 0 Å². The molecule has 0 bridgehead atoms. The molecule has 0 aromatic heterocycles. The first-order chi connectivity index (χ1) is 10.6. The Morgan fingerprint density at radius 2 is 2.00 bits per heavy atom. The maximum absolute atomic E-state index is 11.9. The van der Waals surface area contributed by atoms with Crippen LogP contribution in [0.1, 0.15) is 18.0 Å². The molecule has 0 saturated carbocycles. The van der Waals surface area contributed by atoms with Gasteiger partial charge in [-0.2, -0.15) is 0 Å². The number of carbonyl (C=O) groups is 2. The zero-order valence-electron chi connectivity index (χ0n) is 12.8. The van der Waals surface area contributed by atoms with Crippen LogP contribution >= 0.6 is 0 Å². The molecule has 2 heterocycles. The van der Waals surface area contributed by atoms with E-state index in [-0.39, 0.29) is 24.9 Å². The minimum atomic E-state index is -0.120. The van der Waals surface area contributed by atoms with Gasteiger partial charge >= 0.3 is 0 Å². The molecule has 6 heteroatoms. The Morgan fingerprint density at radius 3 is 2.64 bits per heavy atom. The van der Waals surface area contributed by atoms with E-state index in [1.807, 2.05) is 12.1 Å². The van der Waals surface area contributed by atoms with Crippen LogP contribution in [-0.4, -0.2) is 49.9 Å². The van der Waals surface area contributed by atoms with E-state index >= 15 is 0 Å². The molecule has 2 unspecified atom stereocenters. The molecule has 118 valence electrons. The lowest BCUT2D eigenvalue weighted by molar-refractivity contribution is -0.128. The van der Waals surface area contributed by atoms with Gasteiger partial charge in [0.15, 0.2) is 0 Å². The van der Waals surface area contributed by atoms with Crippen molar-refractivity contribution in [2.45, 2.75) is 12.5 Å². The van der Waals surface area contributed by atoms with Crippen molar-refractivity contribution in [2.24, 2.45) is 11.7 Å². The smallest absolute Gasteiger partial charge is 0.246 e. The number of likely N-dealkylation sites (tertiary alicyclic amines) is 1. The Morgan fingerprint density at radius 1 is 1.27 bits per heavy atom. The summed E-state index contributed by atoms with van der Waals surface area (Å²) in [6.45, 7) is 1.91. The Labute approximate surface area is 130 Å². The van der Waals surface area contributed by atoms with Crippen molar-refractivity contribution in [1.82, 2.24) is 10.2 Å². The summed E-state index contributed by atoms with van der Waals surface area (Å²) in [5.41, 5.74) is 7.79. The first-order valence-electron chi connectivity index (χ1n) is 7.66. The Bertz CT molecular complexity index is 572. The van der Waals surface area contributed by atoms with E-state index in [0.717, 1.165) is 25.2 Å². The van der Waals surface area contributed by atoms with E-state index in [1.54, 1.807) is 0 Å². The van der Waals surface area contributed by atoms with E-state index < -0.39 is 0 Å². The standard InChI is InChI=1S/C16H22N4O2/c1-19-9-11(7-17)6-14(19)12-2-4-13(5-3-12)20-10-15(21)18-8-16(20)22/h2-5,11,14H,6-10,17H2,1H3,(H,18,21). The highest BCUT2D eigenvalue weighted by Gasteiger charge is 2.30. The van der Waals surface area contributed by atoms with Crippen molar-refractivity contribution in [3.05, 3.63) is 29.8 Å². The fourth-order valence-corrected chi connectivity index (χ4v) is 3.34. The van der Waals surface area contributed by atoms with Crippen LogP contribution < -0.4 is 16.0 Å². The molecule has 2 saturated heterocycles. The zero-order chi connectivity index (χ0) is 15.7. The lowest BCUT2D eigenvalue weighted by atomic mass is 9.99. The van der Waals surface area contributed by atoms with Crippen molar-refractivity contribution in [3.8, 4) is 0 Å². The van der Waals surface area contributed by atoms with Gasteiger partial charge in [0.1, 0.15) is 6.54 Å². The number of hydrogen-bond acceptors (Lipinski definition) is 4. The fourth-order valence-electron chi connectivity index (χ4n) is 3.34. The third kappa shape index (κ3) is 2.84. The molecule has 1 aromatic carbocycles. The SMILES string of the molecule is CN1CC(CN)CC1c1ccc(N2CC(=O)NCC2=O)cc1. The van der Waals surface area contributed by atoms with Crippen molar-refractivity contribution in [1.29, 1.82) is 0 Å². The average Bonchev–Trinajstić information content (AvgIpc) is 2.91. The number of carbonyl (C=O) groups excluding carboxylic acids is 2. The highest BCUT2D eigenvalue weighted by atomic mass is 16.2. The van der Waals surface area contributed by atoms with Gasteiger partial charge in [-0.05, 0) is 43.6 Å². The van der Waals surface area contributed by atoms with Crippen LogP contribution in [-0.2, 0) is 9.59 Å². The molecule has 2 aliphatic rings. The van der Waals surface area contributed by atoms with E-state index in [4.69, 9.17) is 5.73 Å². The van der Waals surface area contributed by atoms with Gasteiger partial charge in [-0.15, -0.1) is 0 Å². The minimum absolute atomic E-state index is 0.0735. The van der Waals surface area contributed by atoms with E-state index in [1.165, 1.54) is 10.5 Å². The molecule has 3 N–H and O–H groups in total. The molecule has 0 aliphatic carbocycles. The maximum atomic E-state index is 11.9. The third-order valence-corrected chi connectivity index (χ3v) is 4.60. The molecule has 2 amide bonds. The summed E-state index contributed by atoms with van der Waals surface area (Å²) in [5.74, 6) is 0.348. The summed E-state index contributed by atoms with van der Waals surface area (Å²) in [6.07, 6.45) is 1.07. The molecule has 0 spiro atoms. The van der Waals surface area contributed by atoms with Crippen LogP contribution in [0.15, 0.2) is 24.3 Å². The highest BCUT2D eigenvalue weighted by Crippen LogP contribution is 2.34. The molecule has 3 rings (SSSR count). The summed E-state index contributed by atoms with van der Waals surface area (Å²) in [7, 11) is 2.12. The van der Waals surface area contributed by atoms with Crippen LogP contribution in [0.4, 0.5) is 5.69 Å². The molecular formula is C16H22N4O2. The number of benzene rings is 1. The van der Waals surface area contributed by atoms with Crippen LogP contribution in [0, 0.1) is 5.92 Å². The molecule has 0 radical (unpaired) electrons. The summed E-state index contributed by atoms with van der Waals surface area (Å²) >= 11 is 0.